The molecule has 0 saturated carbocycles. The number of hydrogen-bond donors (Lipinski definition) is 1. The third-order valence-electron chi connectivity index (χ3n) is 4.13. The summed E-state index contributed by atoms with van der Waals surface area (Å²) in [5.74, 6) is 1.51. The molecule has 1 amide bonds. The smallest absolute Gasteiger partial charge is 0.259 e. The zero-order valence-electron chi connectivity index (χ0n) is 14.5. The van der Waals surface area contributed by atoms with Gasteiger partial charge in [0.25, 0.3) is 5.91 Å². The maximum Gasteiger partial charge on any atom is 0.259 e. The average molecular weight is 354 g/mol. The van der Waals surface area contributed by atoms with Crippen LogP contribution in [-0.2, 0) is 0 Å². The van der Waals surface area contributed by atoms with Crippen molar-refractivity contribution in [3.63, 3.8) is 0 Å². The molecular weight excluding hydrogens is 334 g/mol. The standard InChI is InChI=1S/C21H20ClNO2/c1-13(2)15-6-10-18(11-7-15)23-21(24)19-12-20(25-14(19)3)16-4-8-17(22)9-5-16/h4-13H,1-3H3,(H,23,24). The fourth-order valence-electron chi connectivity index (χ4n) is 2.61. The lowest BCUT2D eigenvalue weighted by molar-refractivity contribution is 0.102. The summed E-state index contributed by atoms with van der Waals surface area (Å²) in [7, 11) is 0. The van der Waals surface area contributed by atoms with Crippen molar-refractivity contribution in [1.82, 2.24) is 0 Å². The largest absolute Gasteiger partial charge is 0.461 e. The highest BCUT2D eigenvalue weighted by Gasteiger charge is 2.16. The number of aryl methyl sites for hydroxylation is 1. The molecular formula is C21H20ClNO2. The zero-order valence-corrected chi connectivity index (χ0v) is 15.2. The van der Waals surface area contributed by atoms with E-state index in [0.29, 0.717) is 28.0 Å². The number of amides is 1. The van der Waals surface area contributed by atoms with Gasteiger partial charge in [0.1, 0.15) is 11.5 Å². The number of benzene rings is 2. The fourth-order valence-corrected chi connectivity index (χ4v) is 2.74. The van der Waals surface area contributed by atoms with E-state index in [4.69, 9.17) is 16.0 Å². The topological polar surface area (TPSA) is 42.2 Å². The Labute approximate surface area is 152 Å². The van der Waals surface area contributed by atoms with Crippen LogP contribution in [0.2, 0.25) is 5.02 Å². The second kappa shape index (κ2) is 7.16. The van der Waals surface area contributed by atoms with Gasteiger partial charge < -0.3 is 9.73 Å². The van der Waals surface area contributed by atoms with E-state index in [-0.39, 0.29) is 5.91 Å². The fraction of sp³-hybridized carbons (Fsp3) is 0.190. The molecule has 3 aromatic rings. The van der Waals surface area contributed by atoms with Crippen molar-refractivity contribution in [3.8, 4) is 11.3 Å². The molecule has 0 unspecified atom stereocenters. The first-order chi connectivity index (χ1) is 11.9. The molecule has 0 bridgehead atoms. The maximum absolute atomic E-state index is 12.6. The summed E-state index contributed by atoms with van der Waals surface area (Å²) in [5.41, 5.74) is 3.41. The lowest BCUT2D eigenvalue weighted by Gasteiger charge is -2.08. The summed E-state index contributed by atoms with van der Waals surface area (Å²) in [6.07, 6.45) is 0. The minimum absolute atomic E-state index is 0.182. The minimum Gasteiger partial charge on any atom is -0.461 e. The molecule has 4 heteroatoms. The molecule has 0 radical (unpaired) electrons. The van der Waals surface area contributed by atoms with Gasteiger partial charge >= 0.3 is 0 Å². The van der Waals surface area contributed by atoms with Gasteiger partial charge in [0, 0.05) is 16.3 Å². The van der Waals surface area contributed by atoms with Gasteiger partial charge in [-0.25, -0.2) is 0 Å². The van der Waals surface area contributed by atoms with Crippen LogP contribution in [-0.4, -0.2) is 5.91 Å². The Kier molecular flexibility index (Phi) is 4.95. The Balaban J connectivity index is 1.79. The second-order valence-corrected chi connectivity index (χ2v) is 6.75. The molecule has 128 valence electrons. The van der Waals surface area contributed by atoms with E-state index in [1.54, 1.807) is 25.1 Å². The Bertz CT molecular complexity index is 877. The number of rotatable bonds is 4. The third-order valence-corrected chi connectivity index (χ3v) is 4.38. The molecule has 1 N–H and O–H groups in total. The molecule has 2 aromatic carbocycles. The summed E-state index contributed by atoms with van der Waals surface area (Å²) >= 11 is 5.91. The summed E-state index contributed by atoms with van der Waals surface area (Å²) in [5, 5.41) is 3.58. The van der Waals surface area contributed by atoms with Crippen molar-refractivity contribution in [2.24, 2.45) is 0 Å². The predicted octanol–water partition coefficient (Wildman–Crippen LogP) is 6.28. The van der Waals surface area contributed by atoms with Crippen LogP contribution in [0.4, 0.5) is 5.69 Å². The number of anilines is 1. The van der Waals surface area contributed by atoms with Crippen molar-refractivity contribution >= 4 is 23.2 Å². The first-order valence-electron chi connectivity index (χ1n) is 8.21. The summed E-state index contributed by atoms with van der Waals surface area (Å²) in [6.45, 7) is 6.07. The van der Waals surface area contributed by atoms with E-state index < -0.39 is 0 Å². The van der Waals surface area contributed by atoms with Crippen LogP contribution in [0.3, 0.4) is 0 Å². The van der Waals surface area contributed by atoms with Crippen LogP contribution in [0.25, 0.3) is 11.3 Å². The van der Waals surface area contributed by atoms with E-state index >= 15 is 0 Å². The van der Waals surface area contributed by atoms with Crippen molar-refractivity contribution in [2.75, 3.05) is 5.32 Å². The molecule has 25 heavy (non-hydrogen) atoms. The van der Waals surface area contributed by atoms with E-state index in [9.17, 15) is 4.79 Å². The Hall–Kier alpha value is -2.52. The molecule has 0 aliphatic rings. The Morgan fingerprint density at radius 3 is 2.28 bits per heavy atom. The first kappa shape index (κ1) is 17.3. The van der Waals surface area contributed by atoms with E-state index in [2.05, 4.69) is 19.2 Å². The van der Waals surface area contributed by atoms with E-state index in [1.807, 2.05) is 36.4 Å². The van der Waals surface area contributed by atoms with E-state index in [1.165, 1.54) is 5.56 Å². The highest BCUT2D eigenvalue weighted by atomic mass is 35.5. The summed E-state index contributed by atoms with van der Waals surface area (Å²) in [4.78, 5) is 12.6. The zero-order chi connectivity index (χ0) is 18.0. The number of hydrogen-bond acceptors (Lipinski definition) is 2. The molecule has 3 rings (SSSR count). The average Bonchev–Trinajstić information content (AvgIpc) is 2.98. The van der Waals surface area contributed by atoms with Gasteiger partial charge in [0.15, 0.2) is 0 Å². The normalized spacial score (nSPS) is 10.9. The van der Waals surface area contributed by atoms with Gasteiger partial charge in [0.05, 0.1) is 5.56 Å². The van der Waals surface area contributed by atoms with Crippen molar-refractivity contribution in [1.29, 1.82) is 0 Å². The number of halogens is 1. The molecule has 1 heterocycles. The molecule has 0 fully saturated rings. The van der Waals surface area contributed by atoms with Crippen LogP contribution in [0, 0.1) is 6.92 Å². The lowest BCUT2D eigenvalue weighted by Crippen LogP contribution is -2.12. The monoisotopic (exact) mass is 353 g/mol. The van der Waals surface area contributed by atoms with Gasteiger partial charge in [0.2, 0.25) is 0 Å². The second-order valence-electron chi connectivity index (χ2n) is 6.32. The van der Waals surface area contributed by atoms with Crippen LogP contribution < -0.4 is 5.32 Å². The van der Waals surface area contributed by atoms with Gasteiger partial charge in [-0.1, -0.05) is 37.6 Å². The SMILES string of the molecule is Cc1oc(-c2ccc(Cl)cc2)cc1C(=O)Nc1ccc(C(C)C)cc1. The van der Waals surface area contributed by atoms with Gasteiger partial charge in [-0.15, -0.1) is 0 Å². The van der Waals surface area contributed by atoms with E-state index in [0.717, 1.165) is 11.3 Å². The van der Waals surface area contributed by atoms with Gasteiger partial charge in [-0.2, -0.15) is 0 Å². The molecule has 1 aromatic heterocycles. The molecule has 0 saturated heterocycles. The van der Waals surface area contributed by atoms with Crippen molar-refractivity contribution < 1.29 is 9.21 Å². The molecule has 0 aliphatic heterocycles. The third kappa shape index (κ3) is 3.94. The van der Waals surface area contributed by atoms with Crippen LogP contribution >= 0.6 is 11.6 Å². The number of carbonyl (C=O) groups excluding carboxylic acids is 1. The van der Waals surface area contributed by atoms with Gasteiger partial charge in [-0.05, 0) is 60.9 Å². The minimum atomic E-state index is -0.182. The quantitative estimate of drug-likeness (QED) is 0.599. The summed E-state index contributed by atoms with van der Waals surface area (Å²) < 4.78 is 5.75. The highest BCUT2D eigenvalue weighted by Crippen LogP contribution is 2.27. The molecule has 0 atom stereocenters. The van der Waals surface area contributed by atoms with Crippen LogP contribution in [0.1, 0.15) is 41.4 Å². The summed E-state index contributed by atoms with van der Waals surface area (Å²) in [6, 6.07) is 17.0. The van der Waals surface area contributed by atoms with Crippen molar-refractivity contribution in [3.05, 3.63) is 76.5 Å². The molecule has 0 spiro atoms. The maximum atomic E-state index is 12.6. The van der Waals surface area contributed by atoms with Gasteiger partial charge in [-0.3, -0.25) is 4.79 Å². The number of furan rings is 1. The predicted molar refractivity (Wildman–Crippen MR) is 102 cm³/mol. The highest BCUT2D eigenvalue weighted by molar-refractivity contribution is 6.30. The number of nitrogens with one attached hydrogen (secondary N) is 1. The van der Waals surface area contributed by atoms with Crippen LogP contribution in [0.5, 0.6) is 0 Å². The van der Waals surface area contributed by atoms with Crippen molar-refractivity contribution in [2.45, 2.75) is 26.7 Å². The number of carbonyl (C=O) groups is 1. The Morgan fingerprint density at radius 1 is 1.04 bits per heavy atom. The molecule has 3 nitrogen and oxygen atoms in total. The molecule has 0 aliphatic carbocycles. The lowest BCUT2D eigenvalue weighted by atomic mass is 10.0. The Morgan fingerprint density at radius 2 is 1.68 bits per heavy atom. The van der Waals surface area contributed by atoms with Crippen LogP contribution in [0.15, 0.2) is 59.0 Å². The first-order valence-corrected chi connectivity index (χ1v) is 8.59.